The Balaban J connectivity index is 0.00000220. The van der Waals surface area contributed by atoms with Gasteiger partial charge in [-0.05, 0) is 37.9 Å². The molecule has 0 bridgehead atoms. The molecule has 0 aliphatic carbocycles. The van der Waals surface area contributed by atoms with E-state index in [9.17, 15) is 4.79 Å². The lowest BCUT2D eigenvalue weighted by molar-refractivity contribution is -0.126. The molecule has 0 radical (unpaired) electrons. The third-order valence-electron chi connectivity index (χ3n) is 3.98. The Morgan fingerprint density at radius 3 is 2.95 bits per heavy atom. The Kier molecular flexibility index (Phi) is 10.3. The molecule has 2 atom stereocenters. The predicted molar refractivity (Wildman–Crippen MR) is 93.5 cm³/mol. The van der Waals surface area contributed by atoms with Gasteiger partial charge in [0.25, 0.3) is 0 Å². The number of halogens is 2. The van der Waals surface area contributed by atoms with Crippen LogP contribution < -0.4 is 11.1 Å². The third-order valence-corrected chi connectivity index (χ3v) is 3.98. The molecule has 5 nitrogen and oxygen atoms in total. The van der Waals surface area contributed by atoms with E-state index >= 15 is 0 Å². The van der Waals surface area contributed by atoms with Crippen LogP contribution in [0.4, 0.5) is 0 Å². The molecular weight excluding hydrogens is 323 g/mol. The highest BCUT2D eigenvalue weighted by Gasteiger charge is 2.28. The number of amides is 1. The summed E-state index contributed by atoms with van der Waals surface area (Å²) >= 11 is 0. The number of piperidine rings is 1. The van der Waals surface area contributed by atoms with E-state index in [0.717, 1.165) is 25.9 Å². The molecule has 1 saturated heterocycles. The van der Waals surface area contributed by atoms with Gasteiger partial charge in [0.05, 0.1) is 5.92 Å². The van der Waals surface area contributed by atoms with E-state index in [-0.39, 0.29) is 36.6 Å². The Morgan fingerprint density at radius 1 is 1.55 bits per heavy atom. The van der Waals surface area contributed by atoms with Crippen LogP contribution in [-0.4, -0.2) is 42.0 Å². The second kappa shape index (κ2) is 10.8. The molecule has 2 rings (SSSR count). The van der Waals surface area contributed by atoms with Crippen molar-refractivity contribution >= 4 is 30.7 Å². The topological polar surface area (TPSA) is 71.2 Å². The number of rotatable bonds is 5. The lowest BCUT2D eigenvalue weighted by Gasteiger charge is -2.36. The number of carbonyl (C=O) groups is 1. The zero-order valence-electron chi connectivity index (χ0n) is 12.9. The van der Waals surface area contributed by atoms with Gasteiger partial charge in [-0.2, -0.15) is 0 Å². The number of nitrogens with zero attached hydrogens (tertiary/aromatic N) is 2. The molecule has 1 aliphatic rings. The largest absolute Gasteiger partial charge is 0.355 e. The first-order valence-electron chi connectivity index (χ1n) is 7.34. The summed E-state index contributed by atoms with van der Waals surface area (Å²) in [7, 11) is 0. The van der Waals surface area contributed by atoms with Crippen LogP contribution in [0.3, 0.4) is 0 Å². The van der Waals surface area contributed by atoms with Crippen LogP contribution in [0.5, 0.6) is 0 Å². The van der Waals surface area contributed by atoms with Crippen molar-refractivity contribution in [2.45, 2.75) is 25.8 Å². The first kappa shape index (κ1) is 21.1. The standard InChI is InChI=1S/C15H24N4O.2ClH/c1-12(13-4-2-7-17-10-13)19-9-3-5-14(11-19)15(20)18-8-6-16;;/h2,4,7,10,12,14H,3,5-6,8-9,11,16H2,1H3,(H,18,20);2*1H. The number of hydrogen-bond donors (Lipinski definition) is 2. The fraction of sp³-hybridized carbons (Fsp3) is 0.600. The molecular formula is C15H26Cl2N4O. The van der Waals surface area contributed by atoms with Gasteiger partial charge < -0.3 is 11.1 Å². The predicted octanol–water partition coefficient (Wildman–Crippen LogP) is 1.77. The molecule has 0 spiro atoms. The van der Waals surface area contributed by atoms with E-state index in [1.54, 1.807) is 6.20 Å². The molecule has 22 heavy (non-hydrogen) atoms. The summed E-state index contributed by atoms with van der Waals surface area (Å²) < 4.78 is 0. The van der Waals surface area contributed by atoms with Gasteiger partial charge in [0.1, 0.15) is 0 Å². The van der Waals surface area contributed by atoms with Crippen molar-refractivity contribution in [3.63, 3.8) is 0 Å². The van der Waals surface area contributed by atoms with Crippen molar-refractivity contribution in [3.05, 3.63) is 30.1 Å². The van der Waals surface area contributed by atoms with Gasteiger partial charge in [0.2, 0.25) is 5.91 Å². The minimum absolute atomic E-state index is 0. The molecule has 1 amide bonds. The lowest BCUT2D eigenvalue weighted by Crippen LogP contribution is -2.44. The van der Waals surface area contributed by atoms with E-state index in [0.29, 0.717) is 19.1 Å². The maximum atomic E-state index is 12.1. The number of nitrogens with one attached hydrogen (secondary N) is 1. The van der Waals surface area contributed by atoms with Crippen LogP contribution in [0, 0.1) is 5.92 Å². The van der Waals surface area contributed by atoms with Gasteiger partial charge in [-0.1, -0.05) is 6.07 Å². The second-order valence-corrected chi connectivity index (χ2v) is 5.38. The Labute approximate surface area is 144 Å². The van der Waals surface area contributed by atoms with E-state index < -0.39 is 0 Å². The van der Waals surface area contributed by atoms with Crippen molar-refractivity contribution in [3.8, 4) is 0 Å². The molecule has 1 aromatic rings. The SMILES string of the molecule is CC(c1cccnc1)N1CCCC(C(=O)NCCN)C1.Cl.Cl. The first-order chi connectivity index (χ1) is 9.72. The molecule has 0 saturated carbocycles. The molecule has 2 unspecified atom stereocenters. The Hall–Kier alpha value is -0.880. The van der Waals surface area contributed by atoms with Crippen molar-refractivity contribution in [2.24, 2.45) is 11.7 Å². The summed E-state index contributed by atoms with van der Waals surface area (Å²) in [5.74, 6) is 0.216. The van der Waals surface area contributed by atoms with Gasteiger partial charge in [-0.25, -0.2) is 0 Å². The van der Waals surface area contributed by atoms with Crippen molar-refractivity contribution < 1.29 is 4.79 Å². The van der Waals surface area contributed by atoms with Gasteiger partial charge >= 0.3 is 0 Å². The van der Waals surface area contributed by atoms with Crippen LogP contribution in [-0.2, 0) is 4.79 Å². The zero-order chi connectivity index (χ0) is 14.4. The Morgan fingerprint density at radius 2 is 2.32 bits per heavy atom. The monoisotopic (exact) mass is 348 g/mol. The van der Waals surface area contributed by atoms with E-state index in [1.165, 1.54) is 5.56 Å². The van der Waals surface area contributed by atoms with Crippen molar-refractivity contribution in [1.82, 2.24) is 15.2 Å². The van der Waals surface area contributed by atoms with Crippen LogP contribution in [0.15, 0.2) is 24.5 Å². The fourth-order valence-electron chi connectivity index (χ4n) is 2.75. The maximum absolute atomic E-state index is 12.1. The highest BCUT2D eigenvalue weighted by Crippen LogP contribution is 2.26. The van der Waals surface area contributed by atoms with E-state index in [4.69, 9.17) is 5.73 Å². The van der Waals surface area contributed by atoms with Crippen molar-refractivity contribution in [1.29, 1.82) is 0 Å². The number of aromatic nitrogens is 1. The van der Waals surface area contributed by atoms with Crippen LogP contribution in [0.1, 0.15) is 31.4 Å². The summed E-state index contributed by atoms with van der Waals surface area (Å²) in [6, 6.07) is 4.35. The first-order valence-corrected chi connectivity index (χ1v) is 7.34. The smallest absolute Gasteiger partial charge is 0.224 e. The van der Waals surface area contributed by atoms with Crippen LogP contribution in [0.25, 0.3) is 0 Å². The van der Waals surface area contributed by atoms with Gasteiger partial charge in [0.15, 0.2) is 0 Å². The van der Waals surface area contributed by atoms with E-state index in [1.807, 2.05) is 12.3 Å². The molecule has 1 fully saturated rings. The number of nitrogens with two attached hydrogens (primary N) is 1. The fourth-order valence-corrected chi connectivity index (χ4v) is 2.75. The summed E-state index contributed by atoms with van der Waals surface area (Å²) in [4.78, 5) is 18.6. The quantitative estimate of drug-likeness (QED) is 0.850. The number of hydrogen-bond acceptors (Lipinski definition) is 4. The number of carbonyl (C=O) groups excluding carboxylic acids is 1. The highest BCUT2D eigenvalue weighted by atomic mass is 35.5. The molecule has 126 valence electrons. The van der Waals surface area contributed by atoms with Crippen LogP contribution >= 0.6 is 24.8 Å². The van der Waals surface area contributed by atoms with Gasteiger partial charge in [0, 0.05) is 38.1 Å². The summed E-state index contributed by atoms with van der Waals surface area (Å²) in [5, 5.41) is 2.90. The molecule has 7 heteroatoms. The van der Waals surface area contributed by atoms with Crippen molar-refractivity contribution in [2.75, 3.05) is 26.2 Å². The average Bonchev–Trinajstić information content (AvgIpc) is 2.52. The molecule has 2 heterocycles. The third kappa shape index (κ3) is 5.72. The minimum Gasteiger partial charge on any atom is -0.355 e. The average molecular weight is 349 g/mol. The summed E-state index contributed by atoms with van der Waals surface area (Å²) in [6.07, 6.45) is 5.72. The summed E-state index contributed by atoms with van der Waals surface area (Å²) in [5.41, 5.74) is 6.63. The van der Waals surface area contributed by atoms with Crippen LogP contribution in [0.2, 0.25) is 0 Å². The molecule has 1 aromatic heterocycles. The highest BCUT2D eigenvalue weighted by molar-refractivity contribution is 5.85. The Bertz CT molecular complexity index is 433. The minimum atomic E-state index is 0. The van der Waals surface area contributed by atoms with Gasteiger partial charge in [-0.3, -0.25) is 14.7 Å². The molecule has 1 aliphatic heterocycles. The van der Waals surface area contributed by atoms with Gasteiger partial charge in [-0.15, -0.1) is 24.8 Å². The zero-order valence-corrected chi connectivity index (χ0v) is 14.5. The normalized spacial score (nSPS) is 19.5. The lowest BCUT2D eigenvalue weighted by atomic mass is 9.95. The number of pyridine rings is 1. The van der Waals surface area contributed by atoms with E-state index in [2.05, 4.69) is 28.2 Å². The number of likely N-dealkylation sites (tertiary alicyclic amines) is 1. The summed E-state index contributed by atoms with van der Waals surface area (Å²) in [6.45, 7) is 5.09. The molecule has 3 N–H and O–H groups in total. The second-order valence-electron chi connectivity index (χ2n) is 5.38. The maximum Gasteiger partial charge on any atom is 0.224 e. The molecule has 0 aromatic carbocycles.